The van der Waals surface area contributed by atoms with E-state index in [2.05, 4.69) is 27.1 Å². The van der Waals surface area contributed by atoms with Gasteiger partial charge in [-0.15, -0.1) is 0 Å². The molecule has 2 amide bonds. The Kier molecular flexibility index (Phi) is 4.16. The van der Waals surface area contributed by atoms with Crippen LogP contribution >= 0.6 is 0 Å². The highest BCUT2D eigenvalue weighted by Gasteiger charge is 2.26. The molecule has 0 radical (unpaired) electrons. The lowest BCUT2D eigenvalue weighted by Crippen LogP contribution is -2.48. The molecule has 19 heavy (non-hydrogen) atoms. The largest absolute Gasteiger partial charge is 0.453 e. The van der Waals surface area contributed by atoms with Gasteiger partial charge in [0.25, 0.3) is 0 Å². The Balaban J connectivity index is 2.00. The Morgan fingerprint density at radius 3 is 2.68 bits per heavy atom. The van der Waals surface area contributed by atoms with Crippen LogP contribution in [0.5, 0.6) is 0 Å². The van der Waals surface area contributed by atoms with Gasteiger partial charge < -0.3 is 4.74 Å². The molecule has 5 nitrogen and oxygen atoms in total. The third-order valence-electron chi connectivity index (χ3n) is 3.50. The molecule has 0 aliphatic carbocycles. The summed E-state index contributed by atoms with van der Waals surface area (Å²) in [6.45, 7) is 3.34. The summed E-state index contributed by atoms with van der Waals surface area (Å²) >= 11 is 0. The molecular weight excluding hydrogens is 244 g/mol. The monoisotopic (exact) mass is 262 g/mol. The first kappa shape index (κ1) is 13.5. The quantitative estimate of drug-likeness (QED) is 0.873. The molecule has 1 atom stereocenters. The Labute approximate surface area is 112 Å². The molecule has 5 heteroatoms. The fourth-order valence-corrected chi connectivity index (χ4v) is 2.27. The second-order valence-corrected chi connectivity index (χ2v) is 4.65. The first-order valence-corrected chi connectivity index (χ1v) is 6.31. The van der Waals surface area contributed by atoms with Crippen LogP contribution < -0.4 is 5.32 Å². The zero-order valence-corrected chi connectivity index (χ0v) is 11.2. The summed E-state index contributed by atoms with van der Waals surface area (Å²) in [5.41, 5.74) is 2.57. The zero-order valence-electron chi connectivity index (χ0n) is 11.2. The van der Waals surface area contributed by atoms with Gasteiger partial charge >= 0.3 is 6.09 Å². The van der Waals surface area contributed by atoms with Crippen molar-refractivity contribution in [3.05, 3.63) is 35.4 Å². The van der Waals surface area contributed by atoms with Gasteiger partial charge in [-0.2, -0.15) is 0 Å². The summed E-state index contributed by atoms with van der Waals surface area (Å²) in [6, 6.07) is 7.87. The number of hydrogen-bond donors (Lipinski definition) is 1. The fourth-order valence-electron chi connectivity index (χ4n) is 2.27. The molecule has 0 aromatic heterocycles. The number of rotatable bonds is 2. The number of methoxy groups -OCH3 is 1. The molecule has 1 heterocycles. The van der Waals surface area contributed by atoms with Crippen molar-refractivity contribution in [2.45, 2.75) is 25.9 Å². The maximum atomic E-state index is 11.9. The normalized spacial score (nSPS) is 16.3. The lowest BCUT2D eigenvalue weighted by Gasteiger charge is -2.32. The van der Waals surface area contributed by atoms with Gasteiger partial charge in [-0.05, 0) is 24.5 Å². The number of alkyl carbamates (subject to hydrolysis) is 1. The number of ether oxygens (including phenoxy) is 1. The average Bonchev–Trinajstić information content (AvgIpc) is 2.45. The molecule has 1 aromatic rings. The van der Waals surface area contributed by atoms with E-state index in [0.717, 1.165) is 19.5 Å². The van der Waals surface area contributed by atoms with Crippen LogP contribution in [0.1, 0.15) is 18.1 Å². The van der Waals surface area contributed by atoms with Crippen molar-refractivity contribution in [1.29, 1.82) is 0 Å². The fraction of sp³-hybridized carbons (Fsp3) is 0.429. The molecule has 0 fully saturated rings. The van der Waals surface area contributed by atoms with Gasteiger partial charge in [0.2, 0.25) is 5.91 Å². The average molecular weight is 262 g/mol. The van der Waals surface area contributed by atoms with E-state index in [1.165, 1.54) is 18.2 Å². The molecule has 1 aromatic carbocycles. The minimum absolute atomic E-state index is 0.328. The van der Waals surface area contributed by atoms with Crippen LogP contribution in [0.4, 0.5) is 4.79 Å². The molecule has 1 aliphatic heterocycles. The van der Waals surface area contributed by atoms with Crippen LogP contribution in [0, 0.1) is 0 Å². The minimum Gasteiger partial charge on any atom is -0.453 e. The second-order valence-electron chi connectivity index (χ2n) is 4.65. The van der Waals surface area contributed by atoms with E-state index in [0.29, 0.717) is 0 Å². The van der Waals surface area contributed by atoms with E-state index in [1.54, 1.807) is 6.92 Å². The number of imide groups is 1. The van der Waals surface area contributed by atoms with Crippen LogP contribution in [0.2, 0.25) is 0 Å². The van der Waals surface area contributed by atoms with E-state index in [-0.39, 0.29) is 11.9 Å². The molecule has 2 rings (SSSR count). The smallest absolute Gasteiger partial charge is 0.413 e. The third-order valence-corrected chi connectivity index (χ3v) is 3.50. The molecule has 0 unspecified atom stereocenters. The Morgan fingerprint density at radius 2 is 2.00 bits per heavy atom. The third kappa shape index (κ3) is 3.12. The lowest BCUT2D eigenvalue weighted by atomic mass is 9.99. The number of benzene rings is 1. The van der Waals surface area contributed by atoms with Crippen molar-refractivity contribution in [2.24, 2.45) is 0 Å². The number of amides is 2. The number of fused-ring (bicyclic) bond motifs is 1. The standard InChI is InChI=1S/C14H18N2O3/c1-10(13(17)15-14(18)19-2)16-8-7-11-5-3-4-6-12(11)9-16/h3-6,10H,7-9H2,1-2H3,(H,15,17,18)/t10-/m1/s1. The summed E-state index contributed by atoms with van der Waals surface area (Å²) in [6.07, 6.45) is 0.209. The molecule has 0 saturated heterocycles. The van der Waals surface area contributed by atoms with Crippen molar-refractivity contribution in [1.82, 2.24) is 10.2 Å². The second kappa shape index (κ2) is 5.84. The van der Waals surface area contributed by atoms with E-state index in [1.807, 2.05) is 12.1 Å². The Hall–Kier alpha value is -1.88. The van der Waals surface area contributed by atoms with E-state index in [4.69, 9.17) is 0 Å². The van der Waals surface area contributed by atoms with Crippen LogP contribution in [0.15, 0.2) is 24.3 Å². The molecule has 102 valence electrons. The van der Waals surface area contributed by atoms with Gasteiger partial charge in [0, 0.05) is 13.1 Å². The van der Waals surface area contributed by atoms with E-state index >= 15 is 0 Å². The number of carbonyl (C=O) groups is 2. The van der Waals surface area contributed by atoms with Gasteiger partial charge in [-0.1, -0.05) is 24.3 Å². The van der Waals surface area contributed by atoms with Gasteiger partial charge in [-0.3, -0.25) is 15.0 Å². The van der Waals surface area contributed by atoms with Crippen LogP contribution in [0.3, 0.4) is 0 Å². The summed E-state index contributed by atoms with van der Waals surface area (Å²) in [7, 11) is 1.24. The predicted molar refractivity (Wildman–Crippen MR) is 70.6 cm³/mol. The highest BCUT2D eigenvalue weighted by molar-refractivity contribution is 5.94. The van der Waals surface area contributed by atoms with Crippen molar-refractivity contribution in [2.75, 3.05) is 13.7 Å². The van der Waals surface area contributed by atoms with E-state index in [9.17, 15) is 9.59 Å². The first-order valence-electron chi connectivity index (χ1n) is 6.31. The van der Waals surface area contributed by atoms with Crippen molar-refractivity contribution < 1.29 is 14.3 Å². The summed E-state index contributed by atoms with van der Waals surface area (Å²) in [5, 5.41) is 2.21. The summed E-state index contributed by atoms with van der Waals surface area (Å²) < 4.78 is 4.43. The van der Waals surface area contributed by atoms with E-state index < -0.39 is 6.09 Å². The van der Waals surface area contributed by atoms with Gasteiger partial charge in [0.1, 0.15) is 0 Å². The molecule has 1 N–H and O–H groups in total. The topological polar surface area (TPSA) is 58.6 Å². The van der Waals surface area contributed by atoms with Gasteiger partial charge in [0.05, 0.1) is 13.2 Å². The number of nitrogens with one attached hydrogen (secondary N) is 1. The molecule has 0 bridgehead atoms. The van der Waals surface area contributed by atoms with Gasteiger partial charge in [-0.25, -0.2) is 4.79 Å². The van der Waals surface area contributed by atoms with Crippen LogP contribution in [0.25, 0.3) is 0 Å². The van der Waals surface area contributed by atoms with Crippen molar-refractivity contribution in [3.8, 4) is 0 Å². The lowest BCUT2D eigenvalue weighted by molar-refractivity contribution is -0.125. The Bertz CT molecular complexity index is 487. The summed E-state index contributed by atoms with van der Waals surface area (Å²) in [5.74, 6) is -0.328. The number of nitrogens with zero attached hydrogens (tertiary/aromatic N) is 1. The number of carbonyl (C=O) groups excluding carboxylic acids is 2. The maximum absolute atomic E-state index is 11.9. The maximum Gasteiger partial charge on any atom is 0.413 e. The molecule has 0 spiro atoms. The highest BCUT2D eigenvalue weighted by Crippen LogP contribution is 2.20. The van der Waals surface area contributed by atoms with Gasteiger partial charge in [0.15, 0.2) is 0 Å². The predicted octanol–water partition coefficient (Wildman–Crippen LogP) is 1.32. The Morgan fingerprint density at radius 1 is 1.32 bits per heavy atom. The molecule has 1 aliphatic rings. The SMILES string of the molecule is COC(=O)NC(=O)[C@@H](C)N1CCc2ccccc2C1. The highest BCUT2D eigenvalue weighted by atomic mass is 16.5. The molecule has 0 saturated carbocycles. The summed E-state index contributed by atoms with van der Waals surface area (Å²) in [4.78, 5) is 25.0. The van der Waals surface area contributed by atoms with Crippen molar-refractivity contribution in [3.63, 3.8) is 0 Å². The minimum atomic E-state index is -0.714. The van der Waals surface area contributed by atoms with Crippen LogP contribution in [-0.4, -0.2) is 36.6 Å². The molecular formula is C14H18N2O3. The van der Waals surface area contributed by atoms with Crippen LogP contribution in [-0.2, 0) is 22.5 Å². The zero-order chi connectivity index (χ0) is 13.8. The first-order chi connectivity index (χ1) is 9.11. The van der Waals surface area contributed by atoms with Crippen molar-refractivity contribution >= 4 is 12.0 Å². The number of hydrogen-bond acceptors (Lipinski definition) is 4.